The van der Waals surface area contributed by atoms with E-state index in [1.807, 2.05) is 35.2 Å². The molecule has 29 heavy (non-hydrogen) atoms. The van der Waals surface area contributed by atoms with Crippen LogP contribution in [-0.2, 0) is 22.6 Å². The third-order valence-corrected chi connectivity index (χ3v) is 5.74. The lowest BCUT2D eigenvalue weighted by Gasteiger charge is -2.36. The van der Waals surface area contributed by atoms with Crippen molar-refractivity contribution < 1.29 is 9.59 Å². The Labute approximate surface area is 172 Å². The van der Waals surface area contributed by atoms with Crippen LogP contribution in [0.3, 0.4) is 0 Å². The quantitative estimate of drug-likeness (QED) is 0.855. The molecule has 1 unspecified atom stereocenters. The Morgan fingerprint density at radius 3 is 2.62 bits per heavy atom. The van der Waals surface area contributed by atoms with E-state index in [4.69, 9.17) is 0 Å². The Bertz CT molecular complexity index is 894. The van der Waals surface area contributed by atoms with Crippen LogP contribution in [0.15, 0.2) is 60.7 Å². The molecule has 0 radical (unpaired) electrons. The van der Waals surface area contributed by atoms with Crippen molar-refractivity contribution >= 4 is 17.9 Å². The summed E-state index contributed by atoms with van der Waals surface area (Å²) in [6.45, 7) is 3.39. The van der Waals surface area contributed by atoms with Gasteiger partial charge in [-0.05, 0) is 23.1 Å². The minimum atomic E-state index is -0.408. The van der Waals surface area contributed by atoms with Crippen LogP contribution in [0.4, 0.5) is 0 Å². The van der Waals surface area contributed by atoms with Crippen molar-refractivity contribution in [3.05, 3.63) is 77.4 Å². The molecular formula is C24H27N3O2. The summed E-state index contributed by atoms with van der Waals surface area (Å²) in [5, 5.41) is 2.92. The van der Waals surface area contributed by atoms with Crippen LogP contribution in [0.1, 0.15) is 23.1 Å². The van der Waals surface area contributed by atoms with Gasteiger partial charge in [0.1, 0.15) is 0 Å². The molecule has 5 nitrogen and oxygen atoms in total. The van der Waals surface area contributed by atoms with Crippen LogP contribution in [0.25, 0.3) is 6.08 Å². The van der Waals surface area contributed by atoms with Gasteiger partial charge in [-0.2, -0.15) is 0 Å². The number of piperazine rings is 1. The molecule has 0 bridgehead atoms. The molecule has 1 atom stereocenters. The fraction of sp³-hybridized carbons (Fsp3) is 0.333. The molecule has 2 amide bonds. The zero-order valence-electron chi connectivity index (χ0n) is 16.6. The number of hydrogen-bond acceptors (Lipinski definition) is 3. The summed E-state index contributed by atoms with van der Waals surface area (Å²) in [6, 6.07) is 18.0. The number of hydrogen-bond donors (Lipinski definition) is 1. The number of amides is 2. The average molecular weight is 389 g/mol. The van der Waals surface area contributed by atoms with Gasteiger partial charge in [-0.25, -0.2) is 0 Å². The van der Waals surface area contributed by atoms with Crippen LogP contribution in [-0.4, -0.2) is 53.8 Å². The zero-order valence-corrected chi connectivity index (χ0v) is 16.6. The molecule has 0 aromatic heterocycles. The Balaban J connectivity index is 1.39. The SMILES string of the molecule is O=C1NCCN(C/C=C/c2ccccc2)C1CC(=O)N1CCc2ccccc2C1. The van der Waals surface area contributed by atoms with E-state index in [0.29, 0.717) is 19.6 Å². The van der Waals surface area contributed by atoms with E-state index in [0.717, 1.165) is 25.1 Å². The van der Waals surface area contributed by atoms with E-state index in [1.165, 1.54) is 11.1 Å². The number of nitrogens with one attached hydrogen (secondary N) is 1. The molecule has 2 aromatic carbocycles. The Morgan fingerprint density at radius 2 is 1.79 bits per heavy atom. The Kier molecular flexibility index (Phi) is 6.06. The predicted octanol–water partition coefficient (Wildman–Crippen LogP) is 2.48. The second-order valence-electron chi connectivity index (χ2n) is 7.65. The predicted molar refractivity (Wildman–Crippen MR) is 114 cm³/mol. The maximum atomic E-state index is 13.0. The van der Waals surface area contributed by atoms with Gasteiger partial charge in [-0.3, -0.25) is 14.5 Å². The highest BCUT2D eigenvalue weighted by Crippen LogP contribution is 2.20. The Hall–Kier alpha value is -2.92. The van der Waals surface area contributed by atoms with E-state index < -0.39 is 6.04 Å². The van der Waals surface area contributed by atoms with Crippen LogP contribution >= 0.6 is 0 Å². The third-order valence-electron chi connectivity index (χ3n) is 5.74. The van der Waals surface area contributed by atoms with Crippen molar-refractivity contribution in [3.63, 3.8) is 0 Å². The largest absolute Gasteiger partial charge is 0.353 e. The molecule has 0 saturated carbocycles. The first-order valence-electron chi connectivity index (χ1n) is 10.3. The summed E-state index contributed by atoms with van der Waals surface area (Å²) in [5.41, 5.74) is 3.66. The van der Waals surface area contributed by atoms with Crippen molar-refractivity contribution in [2.24, 2.45) is 0 Å². The summed E-state index contributed by atoms with van der Waals surface area (Å²) in [6.07, 6.45) is 5.24. The third kappa shape index (κ3) is 4.74. The molecule has 2 aromatic rings. The van der Waals surface area contributed by atoms with Gasteiger partial charge >= 0.3 is 0 Å². The van der Waals surface area contributed by atoms with Gasteiger partial charge in [-0.15, -0.1) is 0 Å². The molecule has 1 N–H and O–H groups in total. The minimum absolute atomic E-state index is 0.0462. The van der Waals surface area contributed by atoms with Gasteiger partial charge in [0.15, 0.2) is 0 Å². The summed E-state index contributed by atoms with van der Waals surface area (Å²) in [4.78, 5) is 29.5. The van der Waals surface area contributed by atoms with E-state index in [1.54, 1.807) is 0 Å². The van der Waals surface area contributed by atoms with Gasteiger partial charge in [0.05, 0.1) is 12.5 Å². The van der Waals surface area contributed by atoms with Crippen LogP contribution in [0.2, 0.25) is 0 Å². The van der Waals surface area contributed by atoms with Gasteiger partial charge in [0.25, 0.3) is 0 Å². The molecule has 150 valence electrons. The summed E-state index contributed by atoms with van der Waals surface area (Å²) >= 11 is 0. The molecule has 5 heteroatoms. The summed E-state index contributed by atoms with van der Waals surface area (Å²) < 4.78 is 0. The van der Waals surface area contributed by atoms with E-state index in [-0.39, 0.29) is 18.2 Å². The standard InChI is InChI=1S/C24H27N3O2/c28-23(27-15-12-20-10-4-5-11-21(20)18-27)17-22-24(29)25-13-16-26(22)14-6-9-19-7-2-1-3-8-19/h1-11,22H,12-18H2,(H,25,29)/b9-6+. The number of nitrogens with zero attached hydrogens (tertiary/aromatic N) is 2. The van der Waals surface area contributed by atoms with Gasteiger partial charge in [0.2, 0.25) is 11.8 Å². The van der Waals surface area contributed by atoms with E-state index in [2.05, 4.69) is 46.6 Å². The molecule has 2 heterocycles. The second kappa shape index (κ2) is 9.05. The number of carbonyl (C=O) groups is 2. The lowest BCUT2D eigenvalue weighted by atomic mass is 9.99. The second-order valence-corrected chi connectivity index (χ2v) is 7.65. The number of carbonyl (C=O) groups excluding carboxylic acids is 2. The van der Waals surface area contributed by atoms with Crippen LogP contribution in [0.5, 0.6) is 0 Å². The van der Waals surface area contributed by atoms with Crippen molar-refractivity contribution in [2.45, 2.75) is 25.4 Å². The van der Waals surface area contributed by atoms with Crippen molar-refractivity contribution in [1.29, 1.82) is 0 Å². The monoisotopic (exact) mass is 389 g/mol. The average Bonchev–Trinajstić information content (AvgIpc) is 2.76. The van der Waals surface area contributed by atoms with Gasteiger partial charge < -0.3 is 10.2 Å². The van der Waals surface area contributed by atoms with Crippen LogP contribution in [0, 0.1) is 0 Å². The van der Waals surface area contributed by atoms with Gasteiger partial charge in [-0.1, -0.05) is 66.7 Å². The molecule has 0 aliphatic carbocycles. The maximum Gasteiger partial charge on any atom is 0.237 e. The van der Waals surface area contributed by atoms with E-state index in [9.17, 15) is 9.59 Å². The molecule has 1 fully saturated rings. The highest BCUT2D eigenvalue weighted by Gasteiger charge is 2.33. The number of benzene rings is 2. The first kappa shape index (κ1) is 19.4. The van der Waals surface area contributed by atoms with Crippen LogP contribution < -0.4 is 5.32 Å². The highest BCUT2D eigenvalue weighted by atomic mass is 16.2. The normalized spacial score (nSPS) is 19.8. The molecule has 2 aliphatic rings. The van der Waals surface area contributed by atoms with Crippen molar-refractivity contribution in [3.8, 4) is 0 Å². The molecular weight excluding hydrogens is 362 g/mol. The van der Waals surface area contributed by atoms with Crippen molar-refractivity contribution in [1.82, 2.24) is 15.1 Å². The fourth-order valence-corrected chi connectivity index (χ4v) is 4.09. The summed E-state index contributed by atoms with van der Waals surface area (Å²) in [5.74, 6) is 0.00807. The Morgan fingerprint density at radius 1 is 1.03 bits per heavy atom. The molecule has 1 saturated heterocycles. The maximum absolute atomic E-state index is 13.0. The smallest absolute Gasteiger partial charge is 0.237 e. The molecule has 4 rings (SSSR count). The summed E-state index contributed by atoms with van der Waals surface area (Å²) in [7, 11) is 0. The number of fused-ring (bicyclic) bond motifs is 1. The number of rotatable bonds is 5. The fourth-order valence-electron chi connectivity index (χ4n) is 4.09. The minimum Gasteiger partial charge on any atom is -0.353 e. The van der Waals surface area contributed by atoms with Gasteiger partial charge in [0, 0.05) is 32.7 Å². The lowest BCUT2D eigenvalue weighted by molar-refractivity contribution is -0.139. The first-order valence-corrected chi connectivity index (χ1v) is 10.3. The highest BCUT2D eigenvalue weighted by molar-refractivity contribution is 5.89. The van der Waals surface area contributed by atoms with Crippen molar-refractivity contribution in [2.75, 3.05) is 26.2 Å². The van der Waals surface area contributed by atoms with E-state index >= 15 is 0 Å². The topological polar surface area (TPSA) is 52.7 Å². The lowest BCUT2D eigenvalue weighted by Crippen LogP contribution is -2.56. The first-order chi connectivity index (χ1) is 14.2. The zero-order chi connectivity index (χ0) is 20.1. The molecule has 0 spiro atoms. The molecule has 2 aliphatic heterocycles.